The molecule has 0 amide bonds. The van der Waals surface area contributed by atoms with Gasteiger partial charge in [0.1, 0.15) is 12.4 Å². The average Bonchev–Trinajstić information content (AvgIpc) is 3.02. The molecule has 1 aliphatic carbocycles. The van der Waals surface area contributed by atoms with Gasteiger partial charge in [-0.15, -0.1) is 0 Å². The van der Waals surface area contributed by atoms with Crippen molar-refractivity contribution in [2.45, 2.75) is 58.2 Å². The lowest BCUT2D eigenvalue weighted by atomic mass is 9.86. The van der Waals surface area contributed by atoms with Gasteiger partial charge in [0.05, 0.1) is 18.8 Å². The zero-order valence-electron chi connectivity index (χ0n) is 17.4. The molecule has 3 rings (SSSR count). The van der Waals surface area contributed by atoms with E-state index < -0.39 is 10.0 Å². The minimum atomic E-state index is -3.29. The van der Waals surface area contributed by atoms with Gasteiger partial charge < -0.3 is 15.4 Å². The average molecular weight is 428 g/mol. The van der Waals surface area contributed by atoms with E-state index in [2.05, 4.69) is 30.4 Å². The lowest BCUT2D eigenvalue weighted by Crippen LogP contribution is -2.47. The van der Waals surface area contributed by atoms with E-state index in [-0.39, 0.29) is 18.3 Å². The number of fused-ring (bicyclic) bond motifs is 1. The fourth-order valence-electron chi connectivity index (χ4n) is 3.47. The molecular formula is C18H33N7O3S. The quantitative estimate of drug-likeness (QED) is 0.355. The SMILES string of the molecule is CCNC(=NCCS(=O)(=O)NCC1CCC1)NC1CCc2nc(COC)nn2C1. The maximum absolute atomic E-state index is 12.1. The van der Waals surface area contributed by atoms with Crippen molar-refractivity contribution >= 4 is 16.0 Å². The van der Waals surface area contributed by atoms with Gasteiger partial charge in [0.25, 0.3) is 0 Å². The molecule has 2 aliphatic rings. The van der Waals surface area contributed by atoms with Crippen LogP contribution in [-0.2, 0) is 34.3 Å². The first kappa shape index (κ1) is 22.0. The number of aromatic nitrogens is 3. The van der Waals surface area contributed by atoms with Gasteiger partial charge in [-0.25, -0.2) is 22.8 Å². The van der Waals surface area contributed by atoms with E-state index in [4.69, 9.17) is 4.74 Å². The molecule has 11 heteroatoms. The summed E-state index contributed by atoms with van der Waals surface area (Å²) in [4.78, 5) is 8.94. The van der Waals surface area contributed by atoms with Crippen LogP contribution >= 0.6 is 0 Å². The Morgan fingerprint density at radius 2 is 2.17 bits per heavy atom. The molecule has 1 aromatic rings. The maximum atomic E-state index is 12.1. The first-order chi connectivity index (χ1) is 14.0. The van der Waals surface area contributed by atoms with Crippen molar-refractivity contribution in [3.8, 4) is 0 Å². The van der Waals surface area contributed by atoms with Gasteiger partial charge in [0.2, 0.25) is 10.0 Å². The number of hydrogen-bond donors (Lipinski definition) is 3. The molecule has 29 heavy (non-hydrogen) atoms. The molecular weight excluding hydrogens is 394 g/mol. The zero-order chi connectivity index (χ0) is 20.7. The highest BCUT2D eigenvalue weighted by Crippen LogP contribution is 2.25. The Balaban J connectivity index is 1.49. The predicted molar refractivity (Wildman–Crippen MR) is 111 cm³/mol. The van der Waals surface area contributed by atoms with E-state index in [1.165, 1.54) is 6.42 Å². The molecule has 10 nitrogen and oxygen atoms in total. The molecule has 0 aromatic carbocycles. The van der Waals surface area contributed by atoms with Gasteiger partial charge in [-0.2, -0.15) is 5.10 Å². The highest BCUT2D eigenvalue weighted by molar-refractivity contribution is 7.89. The molecule has 0 bridgehead atoms. The van der Waals surface area contributed by atoms with E-state index >= 15 is 0 Å². The highest BCUT2D eigenvalue weighted by atomic mass is 32.2. The Labute approximate surface area is 173 Å². The van der Waals surface area contributed by atoms with Gasteiger partial charge in [0, 0.05) is 32.7 Å². The second-order valence-corrected chi connectivity index (χ2v) is 9.59. The normalized spacial score (nSPS) is 20.2. The van der Waals surface area contributed by atoms with Crippen molar-refractivity contribution in [1.82, 2.24) is 30.1 Å². The summed E-state index contributed by atoms with van der Waals surface area (Å²) in [6.45, 7) is 4.56. The number of sulfonamides is 1. The number of methoxy groups -OCH3 is 1. The smallest absolute Gasteiger partial charge is 0.213 e. The van der Waals surface area contributed by atoms with E-state index in [1.807, 2.05) is 11.6 Å². The van der Waals surface area contributed by atoms with Crippen LogP contribution in [0, 0.1) is 5.92 Å². The summed E-state index contributed by atoms with van der Waals surface area (Å²) in [5, 5.41) is 11.1. The van der Waals surface area contributed by atoms with Crippen LogP contribution in [0.5, 0.6) is 0 Å². The number of hydrogen-bond acceptors (Lipinski definition) is 6. The third-order valence-corrected chi connectivity index (χ3v) is 6.63. The first-order valence-corrected chi connectivity index (χ1v) is 12.1. The second kappa shape index (κ2) is 10.4. The van der Waals surface area contributed by atoms with Gasteiger partial charge in [-0.3, -0.25) is 4.99 Å². The van der Waals surface area contributed by atoms with Crippen LogP contribution in [0.2, 0.25) is 0 Å². The van der Waals surface area contributed by atoms with Crippen molar-refractivity contribution in [2.24, 2.45) is 10.9 Å². The number of nitrogens with zero attached hydrogens (tertiary/aromatic N) is 4. The lowest BCUT2D eigenvalue weighted by Gasteiger charge is -2.25. The summed E-state index contributed by atoms with van der Waals surface area (Å²) >= 11 is 0. The molecule has 164 valence electrons. The Bertz CT molecular complexity index is 789. The molecule has 0 spiro atoms. The number of ether oxygens (including phenoxy) is 1. The molecule has 3 N–H and O–H groups in total. The number of aliphatic imine (C=N–C) groups is 1. The van der Waals surface area contributed by atoms with E-state index in [1.54, 1.807) is 7.11 Å². The van der Waals surface area contributed by atoms with Crippen molar-refractivity contribution in [3.05, 3.63) is 11.6 Å². The third kappa shape index (κ3) is 6.65. The standard InChI is InChI=1S/C18H33N7O3S/c1-3-19-18(20-9-10-29(26,27)21-11-14-5-4-6-14)22-15-7-8-17-23-16(13-28-2)24-25(17)12-15/h14-15,21H,3-13H2,1-2H3,(H2,19,20,22). The van der Waals surface area contributed by atoms with Gasteiger partial charge >= 0.3 is 0 Å². The number of nitrogens with one attached hydrogen (secondary N) is 3. The Morgan fingerprint density at radius 1 is 1.34 bits per heavy atom. The molecule has 0 radical (unpaired) electrons. The molecule has 0 saturated heterocycles. The highest BCUT2D eigenvalue weighted by Gasteiger charge is 2.23. The third-order valence-electron chi connectivity index (χ3n) is 5.31. The topological polar surface area (TPSA) is 123 Å². The molecule has 1 aliphatic heterocycles. The summed E-state index contributed by atoms with van der Waals surface area (Å²) in [5.74, 6) is 2.80. The zero-order valence-corrected chi connectivity index (χ0v) is 18.2. The van der Waals surface area contributed by atoms with Crippen LogP contribution in [0.15, 0.2) is 4.99 Å². The fourth-order valence-corrected chi connectivity index (χ4v) is 4.44. The lowest BCUT2D eigenvalue weighted by molar-refractivity contribution is 0.177. The Kier molecular flexibility index (Phi) is 7.84. The van der Waals surface area contributed by atoms with Gasteiger partial charge in [-0.05, 0) is 32.1 Å². The number of rotatable bonds is 10. The fraction of sp³-hybridized carbons (Fsp3) is 0.833. The monoisotopic (exact) mass is 427 g/mol. The van der Waals surface area contributed by atoms with E-state index in [0.717, 1.165) is 31.5 Å². The summed E-state index contributed by atoms with van der Waals surface area (Å²) in [6, 6.07) is 0.158. The Hall–Kier alpha value is -1.72. The van der Waals surface area contributed by atoms with E-state index in [9.17, 15) is 8.42 Å². The summed E-state index contributed by atoms with van der Waals surface area (Å²) in [7, 11) is -1.65. The molecule has 1 saturated carbocycles. The maximum Gasteiger partial charge on any atom is 0.213 e. The first-order valence-electron chi connectivity index (χ1n) is 10.4. The number of guanidine groups is 1. The van der Waals surface area contributed by atoms with Crippen molar-refractivity contribution in [3.63, 3.8) is 0 Å². The van der Waals surface area contributed by atoms with Gasteiger partial charge in [0.15, 0.2) is 11.8 Å². The minimum Gasteiger partial charge on any atom is -0.377 e. The van der Waals surface area contributed by atoms with E-state index in [0.29, 0.717) is 43.9 Å². The molecule has 1 atom stereocenters. The van der Waals surface area contributed by atoms with Gasteiger partial charge in [-0.1, -0.05) is 6.42 Å². The van der Waals surface area contributed by atoms with Crippen molar-refractivity contribution in [1.29, 1.82) is 0 Å². The largest absolute Gasteiger partial charge is 0.377 e. The van der Waals surface area contributed by atoms with Crippen LogP contribution < -0.4 is 15.4 Å². The Morgan fingerprint density at radius 3 is 2.86 bits per heavy atom. The van der Waals surface area contributed by atoms with Crippen molar-refractivity contribution in [2.75, 3.05) is 32.5 Å². The second-order valence-electron chi connectivity index (χ2n) is 7.66. The van der Waals surface area contributed by atoms with Crippen LogP contribution in [0.3, 0.4) is 0 Å². The van der Waals surface area contributed by atoms with Crippen LogP contribution in [0.4, 0.5) is 0 Å². The molecule has 1 fully saturated rings. The van der Waals surface area contributed by atoms with Crippen molar-refractivity contribution < 1.29 is 13.2 Å². The summed E-state index contributed by atoms with van der Waals surface area (Å²) in [5.41, 5.74) is 0. The molecule has 2 heterocycles. The predicted octanol–water partition coefficient (Wildman–Crippen LogP) is 0.0139. The van der Waals surface area contributed by atoms with Crippen LogP contribution in [0.1, 0.15) is 44.3 Å². The van der Waals surface area contributed by atoms with Crippen LogP contribution in [-0.4, -0.2) is 67.7 Å². The summed E-state index contributed by atoms with van der Waals surface area (Å²) < 4.78 is 34.0. The molecule has 1 unspecified atom stereocenters. The minimum absolute atomic E-state index is 0.00539. The van der Waals surface area contributed by atoms with Crippen LogP contribution in [0.25, 0.3) is 0 Å². The number of aryl methyl sites for hydroxylation is 1. The summed E-state index contributed by atoms with van der Waals surface area (Å²) in [6.07, 6.45) is 5.19. The molecule has 1 aromatic heterocycles.